The molecule has 3 rings (SSSR count). The van der Waals surface area contributed by atoms with Gasteiger partial charge in [-0.25, -0.2) is 14.1 Å². The molecule has 1 aromatic carbocycles. The Bertz CT molecular complexity index is 932. The van der Waals surface area contributed by atoms with Crippen LogP contribution in [0.4, 0.5) is 4.39 Å². The van der Waals surface area contributed by atoms with Crippen molar-refractivity contribution in [3.8, 4) is 5.82 Å². The average Bonchev–Trinajstić information content (AvgIpc) is 3.25. The minimum atomic E-state index is -0.207. The van der Waals surface area contributed by atoms with Gasteiger partial charge in [-0.15, -0.1) is 24.0 Å². The normalized spacial score (nSPS) is 11.1. The highest BCUT2D eigenvalue weighted by Crippen LogP contribution is 2.16. The van der Waals surface area contributed by atoms with Crippen molar-refractivity contribution in [1.82, 2.24) is 25.4 Å². The van der Waals surface area contributed by atoms with Crippen LogP contribution in [0.25, 0.3) is 5.82 Å². The second-order valence-corrected chi connectivity index (χ2v) is 6.96. The fourth-order valence-electron chi connectivity index (χ4n) is 2.74. The molecule has 0 aliphatic rings. The van der Waals surface area contributed by atoms with E-state index in [1.807, 2.05) is 36.7 Å². The van der Waals surface area contributed by atoms with Crippen LogP contribution in [0.15, 0.2) is 60.0 Å². The molecule has 154 valence electrons. The average molecular weight is 526 g/mol. The molecule has 9 heteroatoms. The standard InChI is InChI=1S/C20H23FN6S.HI/c1-22-20(25-13-16-4-5-18(21)11-17(16)14-28-2)24-12-15-6-8-23-19(10-15)27-9-3-7-26-27;/h3-11H,12-14H2,1-2H3,(H2,22,24,25);1H. The maximum absolute atomic E-state index is 13.5. The number of nitrogens with zero attached hydrogens (tertiary/aromatic N) is 4. The van der Waals surface area contributed by atoms with Crippen LogP contribution in [0.5, 0.6) is 0 Å². The number of halogens is 2. The number of guanidine groups is 1. The molecule has 0 saturated carbocycles. The molecular formula is C20H24FIN6S. The topological polar surface area (TPSA) is 67.1 Å². The Balaban J connectivity index is 0.00000300. The lowest BCUT2D eigenvalue weighted by Gasteiger charge is -2.14. The summed E-state index contributed by atoms with van der Waals surface area (Å²) in [6.45, 7) is 1.17. The van der Waals surface area contributed by atoms with Crippen molar-refractivity contribution < 1.29 is 4.39 Å². The molecule has 2 aromatic heterocycles. The number of pyridine rings is 1. The zero-order valence-electron chi connectivity index (χ0n) is 16.3. The van der Waals surface area contributed by atoms with Crippen molar-refractivity contribution in [2.45, 2.75) is 18.8 Å². The number of aliphatic imine (C=N–C) groups is 1. The van der Waals surface area contributed by atoms with E-state index in [2.05, 4.69) is 25.7 Å². The van der Waals surface area contributed by atoms with E-state index in [4.69, 9.17) is 0 Å². The lowest BCUT2D eigenvalue weighted by atomic mass is 10.1. The van der Waals surface area contributed by atoms with Crippen molar-refractivity contribution in [2.24, 2.45) is 4.99 Å². The van der Waals surface area contributed by atoms with Crippen molar-refractivity contribution >= 4 is 41.7 Å². The van der Waals surface area contributed by atoms with Crippen LogP contribution in [0.2, 0.25) is 0 Å². The Morgan fingerprint density at radius 2 is 1.97 bits per heavy atom. The molecule has 2 N–H and O–H groups in total. The molecule has 29 heavy (non-hydrogen) atoms. The monoisotopic (exact) mass is 526 g/mol. The second kappa shape index (κ2) is 11.8. The van der Waals surface area contributed by atoms with Gasteiger partial charge in [-0.1, -0.05) is 6.07 Å². The summed E-state index contributed by atoms with van der Waals surface area (Å²) in [7, 11) is 1.73. The van der Waals surface area contributed by atoms with Crippen LogP contribution in [-0.4, -0.2) is 34.0 Å². The van der Waals surface area contributed by atoms with E-state index in [9.17, 15) is 4.39 Å². The van der Waals surface area contributed by atoms with Crippen molar-refractivity contribution in [2.75, 3.05) is 13.3 Å². The van der Waals surface area contributed by atoms with E-state index in [0.29, 0.717) is 19.0 Å². The van der Waals surface area contributed by atoms with E-state index >= 15 is 0 Å². The Morgan fingerprint density at radius 3 is 2.69 bits per heavy atom. The highest BCUT2D eigenvalue weighted by Gasteiger charge is 2.06. The van der Waals surface area contributed by atoms with Gasteiger partial charge in [0.1, 0.15) is 5.82 Å². The third-order valence-corrected chi connectivity index (χ3v) is 4.75. The Morgan fingerprint density at radius 1 is 1.14 bits per heavy atom. The molecule has 6 nitrogen and oxygen atoms in total. The summed E-state index contributed by atoms with van der Waals surface area (Å²) in [6, 6.07) is 10.7. The molecule has 0 saturated heterocycles. The number of hydrogen-bond donors (Lipinski definition) is 2. The predicted molar refractivity (Wildman–Crippen MR) is 127 cm³/mol. The molecule has 0 unspecified atom stereocenters. The predicted octanol–water partition coefficient (Wildman–Crippen LogP) is 3.75. The molecule has 2 heterocycles. The number of nitrogens with one attached hydrogen (secondary N) is 2. The summed E-state index contributed by atoms with van der Waals surface area (Å²) < 4.78 is 15.2. The molecule has 0 spiro atoms. The smallest absolute Gasteiger partial charge is 0.191 e. The molecule has 0 radical (unpaired) electrons. The minimum absolute atomic E-state index is 0. The van der Waals surface area contributed by atoms with E-state index < -0.39 is 0 Å². The maximum Gasteiger partial charge on any atom is 0.191 e. The van der Waals surface area contributed by atoms with Crippen molar-refractivity contribution in [3.05, 3.63) is 77.5 Å². The van der Waals surface area contributed by atoms with Crippen LogP contribution < -0.4 is 10.6 Å². The second-order valence-electron chi connectivity index (χ2n) is 6.10. The first-order valence-corrected chi connectivity index (χ1v) is 10.2. The van der Waals surface area contributed by atoms with Gasteiger partial charge in [0.2, 0.25) is 0 Å². The summed E-state index contributed by atoms with van der Waals surface area (Å²) in [6.07, 6.45) is 7.35. The summed E-state index contributed by atoms with van der Waals surface area (Å²) in [5, 5.41) is 10.8. The first-order chi connectivity index (χ1) is 13.7. The summed E-state index contributed by atoms with van der Waals surface area (Å²) in [5.74, 6) is 2.01. The van der Waals surface area contributed by atoms with Crippen LogP contribution >= 0.6 is 35.7 Å². The number of benzene rings is 1. The molecule has 0 aliphatic heterocycles. The van der Waals surface area contributed by atoms with Gasteiger partial charge in [-0.05, 0) is 53.3 Å². The summed E-state index contributed by atoms with van der Waals surface area (Å²) in [4.78, 5) is 8.60. The van der Waals surface area contributed by atoms with Crippen molar-refractivity contribution in [3.63, 3.8) is 0 Å². The van der Waals surface area contributed by atoms with Crippen molar-refractivity contribution in [1.29, 1.82) is 0 Å². The van der Waals surface area contributed by atoms with Crippen LogP contribution in [0, 0.1) is 5.82 Å². The van der Waals surface area contributed by atoms with E-state index in [1.165, 1.54) is 6.07 Å². The molecule has 0 bridgehead atoms. The minimum Gasteiger partial charge on any atom is -0.352 e. The Hall–Kier alpha value is -2.14. The van der Waals surface area contributed by atoms with E-state index in [-0.39, 0.29) is 29.8 Å². The van der Waals surface area contributed by atoms with Gasteiger partial charge in [0.25, 0.3) is 0 Å². The maximum atomic E-state index is 13.5. The lowest BCUT2D eigenvalue weighted by molar-refractivity contribution is 0.625. The van der Waals surface area contributed by atoms with Crippen LogP contribution in [-0.2, 0) is 18.8 Å². The first kappa shape index (κ1) is 23.1. The van der Waals surface area contributed by atoms with E-state index in [1.54, 1.807) is 42.0 Å². The third kappa shape index (κ3) is 6.70. The molecule has 0 aliphatic carbocycles. The van der Waals surface area contributed by atoms with Gasteiger partial charge < -0.3 is 10.6 Å². The first-order valence-electron chi connectivity index (χ1n) is 8.85. The number of hydrogen-bond acceptors (Lipinski definition) is 4. The summed E-state index contributed by atoms with van der Waals surface area (Å²) in [5.41, 5.74) is 3.12. The zero-order valence-corrected chi connectivity index (χ0v) is 19.4. The number of thioether (sulfide) groups is 1. The Kier molecular flexibility index (Phi) is 9.39. The molecule has 3 aromatic rings. The molecule has 0 atom stereocenters. The highest BCUT2D eigenvalue weighted by molar-refractivity contribution is 14.0. The third-order valence-electron chi connectivity index (χ3n) is 4.15. The van der Waals surface area contributed by atoms with E-state index in [0.717, 1.165) is 28.3 Å². The molecular weight excluding hydrogens is 502 g/mol. The quantitative estimate of drug-likeness (QED) is 0.279. The highest BCUT2D eigenvalue weighted by atomic mass is 127. The Labute approximate surface area is 191 Å². The number of aromatic nitrogens is 3. The SMILES string of the molecule is CN=C(NCc1ccnc(-n2cccn2)c1)NCc1ccc(F)cc1CSC.I. The largest absolute Gasteiger partial charge is 0.352 e. The van der Waals surface area contributed by atoms with Gasteiger partial charge in [0.05, 0.1) is 0 Å². The van der Waals surface area contributed by atoms with Gasteiger partial charge in [-0.3, -0.25) is 4.99 Å². The molecule has 0 amide bonds. The van der Waals surface area contributed by atoms with Crippen LogP contribution in [0.1, 0.15) is 16.7 Å². The fraction of sp³-hybridized carbons (Fsp3) is 0.250. The van der Waals surface area contributed by atoms with Gasteiger partial charge in [0, 0.05) is 44.5 Å². The van der Waals surface area contributed by atoms with Gasteiger partial charge in [0.15, 0.2) is 11.8 Å². The zero-order chi connectivity index (χ0) is 19.8. The van der Waals surface area contributed by atoms with Gasteiger partial charge in [-0.2, -0.15) is 16.9 Å². The number of rotatable bonds is 7. The molecule has 0 fully saturated rings. The van der Waals surface area contributed by atoms with Gasteiger partial charge >= 0.3 is 0 Å². The van der Waals surface area contributed by atoms with Crippen LogP contribution in [0.3, 0.4) is 0 Å². The fourth-order valence-corrected chi connectivity index (χ4v) is 3.32. The lowest BCUT2D eigenvalue weighted by Crippen LogP contribution is -2.36. The summed E-state index contributed by atoms with van der Waals surface area (Å²) >= 11 is 1.67.